The van der Waals surface area contributed by atoms with Crippen molar-refractivity contribution in [2.75, 3.05) is 4.90 Å². The molecule has 0 radical (unpaired) electrons. The summed E-state index contributed by atoms with van der Waals surface area (Å²) >= 11 is 1.85. The van der Waals surface area contributed by atoms with Crippen LogP contribution in [0, 0.1) is 0 Å². The van der Waals surface area contributed by atoms with Crippen LogP contribution in [-0.4, -0.2) is 0 Å². The molecule has 2 aliphatic rings. The maximum Gasteiger partial charge on any atom is 0.159 e. The lowest BCUT2D eigenvalue weighted by atomic mass is 9.76. The molecule has 0 N–H and O–H groups in total. The van der Waals surface area contributed by atoms with Crippen LogP contribution in [0.5, 0.6) is 0 Å². The third kappa shape index (κ3) is 3.41. The summed E-state index contributed by atoms with van der Waals surface area (Å²) in [6, 6.07) is 41.8. The van der Waals surface area contributed by atoms with E-state index in [1.54, 1.807) is 0 Å². The van der Waals surface area contributed by atoms with Crippen molar-refractivity contribution in [1.82, 2.24) is 0 Å². The van der Waals surface area contributed by atoms with E-state index < -0.39 is 0 Å². The predicted molar refractivity (Wildman–Crippen MR) is 197 cm³/mol. The molecule has 8 aromatic rings. The Kier molecular flexibility index (Phi) is 5.37. The summed E-state index contributed by atoms with van der Waals surface area (Å²) in [5, 5.41) is 7.52. The monoisotopic (exact) mass is 609 g/mol. The molecule has 0 saturated carbocycles. The molecule has 6 aromatic carbocycles. The minimum absolute atomic E-state index is 0.0588. The van der Waals surface area contributed by atoms with Gasteiger partial charge in [-0.25, -0.2) is 0 Å². The van der Waals surface area contributed by atoms with E-state index in [0.717, 1.165) is 46.5 Å². The number of anilines is 3. The Hall–Kier alpha value is -5.12. The average molecular weight is 610 g/mol. The normalized spacial score (nSPS) is 15.4. The number of rotatable bonds is 3. The van der Waals surface area contributed by atoms with E-state index in [0.29, 0.717) is 0 Å². The molecule has 0 atom stereocenters. The third-order valence-corrected chi connectivity index (χ3v) is 11.5. The molecule has 220 valence electrons. The first-order chi connectivity index (χ1) is 22.6. The van der Waals surface area contributed by atoms with E-state index >= 15 is 0 Å². The molecule has 2 nitrogen and oxygen atoms in total. The van der Waals surface area contributed by atoms with Gasteiger partial charge in [-0.3, -0.25) is 0 Å². The van der Waals surface area contributed by atoms with E-state index in [-0.39, 0.29) is 5.41 Å². The standard InChI is InChI=1S/C43H31NOS/c1-43(2)32-21-10-8-18-29(32)39-40(43)28-17-7-6-16-27(28)37-31-20-12-23-34(41(31)45-42(37)39)44(26-14-4-3-5-15-26)33-22-13-25-36-38(33)30-19-9-11-24-35(30)46-36/h3-9,11-20,22-25H,10,21H2,1-2H3. The summed E-state index contributed by atoms with van der Waals surface area (Å²) in [5.41, 5.74) is 10.8. The van der Waals surface area contributed by atoms with Gasteiger partial charge in [-0.15, -0.1) is 11.3 Å². The molecule has 3 heteroatoms. The zero-order chi connectivity index (χ0) is 30.6. The van der Waals surface area contributed by atoms with Gasteiger partial charge >= 0.3 is 0 Å². The second-order valence-electron chi connectivity index (χ2n) is 13.1. The molecule has 2 aromatic heterocycles. The van der Waals surface area contributed by atoms with Crippen LogP contribution < -0.4 is 4.90 Å². The summed E-state index contributed by atoms with van der Waals surface area (Å²) in [4.78, 5) is 2.41. The Morgan fingerprint density at radius 3 is 2.20 bits per heavy atom. The molecule has 0 saturated heterocycles. The summed E-state index contributed by atoms with van der Waals surface area (Å²) in [6.07, 6.45) is 6.88. The van der Waals surface area contributed by atoms with Gasteiger partial charge in [-0.05, 0) is 71.1 Å². The minimum atomic E-state index is -0.0588. The van der Waals surface area contributed by atoms with Crippen molar-refractivity contribution >= 4 is 86.9 Å². The second-order valence-corrected chi connectivity index (χ2v) is 14.2. The SMILES string of the molecule is CC1(C)C2=C(C=CCC2)c2c1c1ccccc1c1c2oc2c(N(c3ccccc3)c3cccc4sc5ccccc5c34)cccc21. The lowest BCUT2D eigenvalue weighted by Crippen LogP contribution is -2.18. The Bertz CT molecular complexity index is 2610. The van der Waals surface area contributed by atoms with Crippen LogP contribution in [0.2, 0.25) is 0 Å². The molecule has 2 aliphatic carbocycles. The Morgan fingerprint density at radius 2 is 1.33 bits per heavy atom. The summed E-state index contributed by atoms with van der Waals surface area (Å²) in [6.45, 7) is 4.81. The number of fused-ring (bicyclic) bond motifs is 12. The number of benzene rings is 6. The van der Waals surface area contributed by atoms with Gasteiger partial charge in [0.25, 0.3) is 0 Å². The molecule has 0 aliphatic heterocycles. The molecule has 0 bridgehead atoms. The number of nitrogens with zero attached hydrogens (tertiary/aromatic N) is 1. The highest BCUT2D eigenvalue weighted by Crippen LogP contribution is 2.57. The molecular formula is C43H31NOS. The van der Waals surface area contributed by atoms with Gasteiger partial charge in [-0.1, -0.05) is 110 Å². The zero-order valence-corrected chi connectivity index (χ0v) is 26.6. The highest BCUT2D eigenvalue weighted by atomic mass is 32.1. The minimum Gasteiger partial charge on any atom is -0.453 e. The quantitative estimate of drug-likeness (QED) is 0.198. The molecule has 0 fully saturated rings. The number of para-hydroxylation sites is 2. The maximum atomic E-state index is 7.27. The Morgan fingerprint density at radius 1 is 0.630 bits per heavy atom. The van der Waals surface area contributed by atoms with Gasteiger partial charge < -0.3 is 9.32 Å². The number of hydrogen-bond acceptors (Lipinski definition) is 3. The van der Waals surface area contributed by atoms with E-state index in [4.69, 9.17) is 4.42 Å². The van der Waals surface area contributed by atoms with Crippen LogP contribution in [0.25, 0.3) is 58.5 Å². The fourth-order valence-electron chi connectivity index (χ4n) is 8.42. The van der Waals surface area contributed by atoms with Gasteiger partial charge in [0, 0.05) is 47.6 Å². The lowest BCUT2D eigenvalue weighted by molar-refractivity contribution is 0.610. The van der Waals surface area contributed by atoms with Crippen molar-refractivity contribution in [2.24, 2.45) is 0 Å². The van der Waals surface area contributed by atoms with E-state index in [1.165, 1.54) is 58.6 Å². The van der Waals surface area contributed by atoms with Crippen LogP contribution in [0.3, 0.4) is 0 Å². The van der Waals surface area contributed by atoms with Gasteiger partial charge in [0.2, 0.25) is 0 Å². The van der Waals surface area contributed by atoms with Crippen molar-refractivity contribution in [1.29, 1.82) is 0 Å². The fourth-order valence-corrected chi connectivity index (χ4v) is 9.55. The third-order valence-electron chi connectivity index (χ3n) is 10.3. The largest absolute Gasteiger partial charge is 0.453 e. The molecule has 2 heterocycles. The van der Waals surface area contributed by atoms with Crippen LogP contribution >= 0.6 is 11.3 Å². The first kappa shape index (κ1) is 26.1. The smallest absolute Gasteiger partial charge is 0.159 e. The Labute approximate surface area is 271 Å². The second kappa shape index (κ2) is 9.45. The van der Waals surface area contributed by atoms with Gasteiger partial charge in [0.1, 0.15) is 5.58 Å². The number of allylic oxidation sites excluding steroid dienone is 4. The van der Waals surface area contributed by atoms with Crippen molar-refractivity contribution in [3.05, 3.63) is 144 Å². The molecule has 0 amide bonds. The predicted octanol–water partition coefficient (Wildman–Crippen LogP) is 13.0. The number of furan rings is 1. The highest BCUT2D eigenvalue weighted by Gasteiger charge is 2.41. The Balaban J connectivity index is 1.35. The van der Waals surface area contributed by atoms with Crippen LogP contribution in [0.4, 0.5) is 17.1 Å². The number of thiophene rings is 1. The van der Waals surface area contributed by atoms with Crippen LogP contribution in [0.15, 0.2) is 137 Å². The maximum absolute atomic E-state index is 7.27. The van der Waals surface area contributed by atoms with Crippen molar-refractivity contribution in [2.45, 2.75) is 32.1 Å². The van der Waals surface area contributed by atoms with Crippen molar-refractivity contribution < 1.29 is 4.42 Å². The lowest BCUT2D eigenvalue weighted by Gasteiger charge is -2.26. The molecule has 46 heavy (non-hydrogen) atoms. The molecular weight excluding hydrogens is 579 g/mol. The topological polar surface area (TPSA) is 16.4 Å². The van der Waals surface area contributed by atoms with Crippen LogP contribution in [0.1, 0.15) is 37.8 Å². The summed E-state index contributed by atoms with van der Waals surface area (Å²) in [7, 11) is 0. The molecule has 0 spiro atoms. The van der Waals surface area contributed by atoms with Crippen molar-refractivity contribution in [3.8, 4) is 0 Å². The van der Waals surface area contributed by atoms with Gasteiger partial charge in [-0.2, -0.15) is 0 Å². The van der Waals surface area contributed by atoms with E-state index in [9.17, 15) is 0 Å². The number of hydrogen-bond donors (Lipinski definition) is 0. The first-order valence-electron chi connectivity index (χ1n) is 16.2. The summed E-state index contributed by atoms with van der Waals surface area (Å²) in [5.74, 6) is 0. The summed E-state index contributed by atoms with van der Waals surface area (Å²) < 4.78 is 9.86. The van der Waals surface area contributed by atoms with Crippen LogP contribution in [-0.2, 0) is 5.41 Å². The van der Waals surface area contributed by atoms with Crippen molar-refractivity contribution in [3.63, 3.8) is 0 Å². The van der Waals surface area contributed by atoms with E-state index in [2.05, 4.69) is 146 Å². The van der Waals surface area contributed by atoms with E-state index in [1.807, 2.05) is 11.3 Å². The van der Waals surface area contributed by atoms with Gasteiger partial charge in [0.15, 0.2) is 5.58 Å². The highest BCUT2D eigenvalue weighted by molar-refractivity contribution is 7.26. The zero-order valence-electron chi connectivity index (χ0n) is 25.8. The van der Waals surface area contributed by atoms with Gasteiger partial charge in [0.05, 0.1) is 11.4 Å². The average Bonchev–Trinajstić information content (AvgIpc) is 3.75. The molecule has 10 rings (SSSR count). The fraction of sp³-hybridized carbons (Fsp3) is 0.116. The molecule has 0 unspecified atom stereocenters. The first-order valence-corrected chi connectivity index (χ1v) is 17.0.